The second kappa shape index (κ2) is 37.2. The van der Waals surface area contributed by atoms with E-state index in [0.29, 0.717) is 47.0 Å². The molecule has 0 unspecified atom stereocenters. The topological polar surface area (TPSA) is 480 Å². The third-order valence-corrected chi connectivity index (χ3v) is 22.5. The summed E-state index contributed by atoms with van der Waals surface area (Å²) in [6.07, 6.45) is 5.30. The Morgan fingerprint density at radius 1 is 0.620 bits per heavy atom. The number of carboxylic acid groups (broad SMARTS) is 1. The Kier molecular flexibility index (Phi) is 28.7. The molecule has 0 aliphatic carbocycles. The zero-order valence-corrected chi connectivity index (χ0v) is 58.6. The van der Waals surface area contributed by atoms with Crippen LogP contribution in [0.2, 0.25) is 0 Å². The van der Waals surface area contributed by atoms with Crippen LogP contribution in [0.15, 0.2) is 67.3 Å². The van der Waals surface area contributed by atoms with Crippen LogP contribution in [0.4, 0.5) is 0 Å². The molecule has 4 saturated heterocycles. The number of aliphatic hydroxyl groups excluding tert-OH is 1. The highest BCUT2D eigenvalue weighted by atomic mass is 33.1. The van der Waals surface area contributed by atoms with Gasteiger partial charge in [-0.2, -0.15) is 0 Å². The quantitative estimate of drug-likeness (QED) is 0.0615. The predicted molar refractivity (Wildman–Crippen MR) is 373 cm³/mol. The van der Waals surface area contributed by atoms with Crippen LogP contribution in [0.25, 0.3) is 10.9 Å². The fraction of sp³-hybridized carbons (Fsp3) is 0.531. The van der Waals surface area contributed by atoms with Crippen LogP contribution in [-0.4, -0.2) is 239 Å². The Hall–Kier alpha value is -8.58. The molecule has 2 aromatic carbocycles. The number of aromatic nitrogens is 3. The van der Waals surface area contributed by atoms with Crippen molar-refractivity contribution < 1.29 is 77.6 Å². The van der Waals surface area contributed by atoms with E-state index in [1.54, 1.807) is 39.1 Å². The number of phenols is 1. The number of nitrogens with two attached hydrogens (primary N) is 1. The van der Waals surface area contributed by atoms with E-state index >= 15 is 14.4 Å². The molecule has 542 valence electrons. The standard InChI is InChI=1S/C64H86N16O16S4/c1-4-10-40-53(84)71-41(21-34-15-17-37(82)18-16-34)54(85)77-48(64(95)96)31-100-99-29-46-58(89)74-44(27-81)56(87)73-43(23-36-26-66-32-68-36)62(93)80-20-9-14-50(80)63(94)79-19-8-13-49(79)60(91)76-47(30-98-97-28-45(57(88)75-46)69-51(83)24-65)59(90)78-52(33(3)5-2)61(92)72-42(55(86)70-40)22-35-25-67-39-12-7-6-11-38(35)39/h6-7,11-12,15-18,25-26,32-33,40-50,52,67,81-82H,4-5,8-10,13-14,19-24,27-31,65H2,1-3H3,(H,66,68)(H,69,83)(H,70,86)(H,71,84)(H,72,92)(H,73,87)(H,74,89)(H,75,88)(H,76,91)(H,77,85)(H,78,90)(H,95,96)/t33-,40+,41+,42+,43+,44+,45+,46+,47+,48+,49+,50+,52+/m1/s1. The van der Waals surface area contributed by atoms with Crippen LogP contribution in [0, 0.1) is 5.92 Å². The molecule has 4 aromatic rings. The first-order valence-electron chi connectivity index (χ1n) is 33.0. The number of carbonyl (C=O) groups excluding carboxylic acids is 12. The van der Waals surface area contributed by atoms with Crippen LogP contribution in [0.5, 0.6) is 5.75 Å². The van der Waals surface area contributed by atoms with Crippen LogP contribution < -0.4 is 58.9 Å². The summed E-state index contributed by atoms with van der Waals surface area (Å²) in [7, 11) is 3.55. The third-order valence-electron chi connectivity index (χ3n) is 17.6. The van der Waals surface area contributed by atoms with Crippen molar-refractivity contribution in [2.45, 2.75) is 157 Å². The molecule has 4 aliphatic rings. The Balaban J connectivity index is 1.22. The van der Waals surface area contributed by atoms with E-state index in [1.807, 2.05) is 12.1 Å². The summed E-state index contributed by atoms with van der Waals surface area (Å²) in [5.74, 6) is -14.3. The van der Waals surface area contributed by atoms with Gasteiger partial charge in [0.2, 0.25) is 70.9 Å². The van der Waals surface area contributed by atoms with Crippen molar-refractivity contribution in [3.05, 3.63) is 84.1 Å². The summed E-state index contributed by atoms with van der Waals surface area (Å²) in [6.45, 7) is 3.65. The van der Waals surface area contributed by atoms with E-state index < -0.39 is 180 Å². The molecule has 2 bridgehead atoms. The number of benzene rings is 2. The molecular formula is C64H86N16O16S4. The lowest BCUT2D eigenvalue weighted by atomic mass is 9.96. The van der Waals surface area contributed by atoms with Gasteiger partial charge in [0.15, 0.2) is 0 Å². The summed E-state index contributed by atoms with van der Waals surface area (Å²) in [5, 5.41) is 58.7. The molecule has 12 amide bonds. The Labute approximate surface area is 591 Å². The number of aromatic amines is 2. The number of carboxylic acids is 1. The van der Waals surface area contributed by atoms with Gasteiger partial charge in [-0.3, -0.25) is 57.5 Å². The van der Waals surface area contributed by atoms with Gasteiger partial charge in [0.1, 0.15) is 78.3 Å². The van der Waals surface area contributed by atoms with Crippen molar-refractivity contribution in [1.82, 2.24) is 77.9 Å². The maximum Gasteiger partial charge on any atom is 0.327 e. The molecule has 0 radical (unpaired) electrons. The molecule has 4 aliphatic heterocycles. The minimum absolute atomic E-state index is 0.00557. The summed E-state index contributed by atoms with van der Waals surface area (Å²) < 4.78 is 0. The first-order chi connectivity index (χ1) is 48.0. The van der Waals surface area contributed by atoms with Gasteiger partial charge in [-0.1, -0.05) is 107 Å². The average molecular weight is 1460 g/mol. The lowest BCUT2D eigenvalue weighted by molar-refractivity contribution is -0.148. The maximum atomic E-state index is 15.2. The van der Waals surface area contributed by atoms with E-state index in [4.69, 9.17) is 5.73 Å². The SMILES string of the molecule is CCC[C@@H]1NC(=O)[C@H](Cc2c[nH]c3ccccc23)NC(=O)[C@H]([C@H](C)CC)NC(=O)[C@@H]2CSSC[C@H](NC(=O)CN)C(=O)N[C@@H](CSSC[C@@H](C(=O)O)NC(=O)[C@H](Cc3ccc(O)cc3)NC1=O)C(=O)N[C@@H](CO)C(=O)N[C@@H](Cc1cnc[nH]1)C(=O)N1CCC[C@H]1C(=O)N1CCC[C@H]1C(=O)N2. The Morgan fingerprint density at radius 2 is 1.20 bits per heavy atom. The zero-order valence-electron chi connectivity index (χ0n) is 55.3. The van der Waals surface area contributed by atoms with Crippen molar-refractivity contribution in [3.63, 3.8) is 0 Å². The number of carbonyl (C=O) groups is 13. The smallest absolute Gasteiger partial charge is 0.327 e. The number of hydrogen-bond acceptors (Lipinski definition) is 21. The lowest BCUT2D eigenvalue weighted by Crippen LogP contribution is -2.62. The first kappa shape index (κ1) is 77.2. The van der Waals surface area contributed by atoms with Crippen molar-refractivity contribution in [2.24, 2.45) is 11.7 Å². The van der Waals surface area contributed by atoms with Gasteiger partial charge in [-0.05, 0) is 67.3 Å². The van der Waals surface area contributed by atoms with Crippen molar-refractivity contribution in [2.75, 3.05) is 49.3 Å². The van der Waals surface area contributed by atoms with Crippen LogP contribution in [0.3, 0.4) is 0 Å². The lowest BCUT2D eigenvalue weighted by Gasteiger charge is -2.33. The number of H-pyrrole nitrogens is 2. The highest BCUT2D eigenvalue weighted by Crippen LogP contribution is 2.29. The number of amides is 12. The van der Waals surface area contributed by atoms with E-state index in [-0.39, 0.29) is 75.3 Å². The molecule has 13 atom stereocenters. The van der Waals surface area contributed by atoms with Gasteiger partial charge in [-0.15, -0.1) is 0 Å². The maximum absolute atomic E-state index is 15.2. The van der Waals surface area contributed by atoms with Gasteiger partial charge in [-0.25, -0.2) is 9.78 Å². The fourth-order valence-electron chi connectivity index (χ4n) is 11.9. The van der Waals surface area contributed by atoms with Gasteiger partial charge in [0.25, 0.3) is 0 Å². The number of phenolic OH excluding ortho intramolecular Hbond substituents is 1. The van der Waals surface area contributed by atoms with Gasteiger partial charge in [0, 0.05) is 84.4 Å². The number of imidazole rings is 1. The number of hydrogen-bond donors (Lipinski definition) is 16. The number of nitrogens with zero attached hydrogens (tertiary/aromatic N) is 3. The van der Waals surface area contributed by atoms with Crippen molar-refractivity contribution >= 4 is 131 Å². The molecule has 17 N–H and O–H groups in total. The summed E-state index contributed by atoms with van der Waals surface area (Å²) in [6, 6.07) is -4.96. The minimum Gasteiger partial charge on any atom is -0.508 e. The van der Waals surface area contributed by atoms with E-state index in [9.17, 15) is 63.3 Å². The summed E-state index contributed by atoms with van der Waals surface area (Å²) in [4.78, 5) is 202. The highest BCUT2D eigenvalue weighted by Gasteiger charge is 2.46. The molecule has 0 spiro atoms. The molecular weight excluding hydrogens is 1380 g/mol. The second-order valence-electron chi connectivity index (χ2n) is 24.7. The minimum atomic E-state index is -1.81. The second-order valence-corrected chi connectivity index (χ2v) is 29.8. The molecule has 100 heavy (non-hydrogen) atoms. The Morgan fingerprint density at radius 3 is 1.86 bits per heavy atom. The number of rotatable bonds is 14. The monoisotopic (exact) mass is 1460 g/mol. The third kappa shape index (κ3) is 20.8. The van der Waals surface area contributed by atoms with Crippen LogP contribution in [-0.2, 0) is 81.6 Å². The normalized spacial score (nSPS) is 27.0. The molecule has 32 nitrogen and oxygen atoms in total. The van der Waals surface area contributed by atoms with Gasteiger partial charge in [0.05, 0.1) is 19.5 Å². The number of fused-ring (bicyclic) bond motifs is 11. The Bertz CT molecular complexity index is 3590. The van der Waals surface area contributed by atoms with E-state index in [1.165, 1.54) is 46.6 Å². The van der Waals surface area contributed by atoms with Gasteiger partial charge >= 0.3 is 5.97 Å². The molecule has 0 saturated carbocycles. The van der Waals surface area contributed by atoms with Gasteiger partial charge < -0.3 is 94.0 Å². The van der Waals surface area contributed by atoms with Crippen molar-refractivity contribution in [3.8, 4) is 5.75 Å². The number of nitrogens with one attached hydrogen (secondary N) is 12. The van der Waals surface area contributed by atoms with E-state index in [0.717, 1.165) is 43.2 Å². The number of para-hydroxylation sites is 1. The van der Waals surface area contributed by atoms with Crippen molar-refractivity contribution in [1.29, 1.82) is 0 Å². The van der Waals surface area contributed by atoms with E-state index in [2.05, 4.69) is 68.1 Å². The summed E-state index contributed by atoms with van der Waals surface area (Å²) >= 11 is 0. The van der Waals surface area contributed by atoms with Crippen LogP contribution >= 0.6 is 43.2 Å². The zero-order chi connectivity index (χ0) is 72.2. The number of aliphatic carboxylic acids is 1. The molecule has 36 heteroatoms. The molecule has 6 heterocycles. The fourth-order valence-corrected chi connectivity index (χ4v) is 16.6. The molecule has 4 fully saturated rings. The summed E-state index contributed by atoms with van der Waals surface area (Å²) in [5.41, 5.74) is 7.78. The molecule has 2 aromatic heterocycles. The largest absolute Gasteiger partial charge is 0.508 e. The first-order valence-corrected chi connectivity index (χ1v) is 37.9. The molecule has 8 rings (SSSR count). The average Bonchev–Trinajstić information content (AvgIpc) is 1.59. The number of aliphatic hydroxyl groups is 1. The highest BCUT2D eigenvalue weighted by molar-refractivity contribution is 8.77. The van der Waals surface area contributed by atoms with Crippen LogP contribution in [0.1, 0.15) is 82.5 Å². The number of aromatic hydroxyl groups is 1. The predicted octanol–water partition coefficient (Wildman–Crippen LogP) is -1.87.